The molecule has 23 heavy (non-hydrogen) atoms. The highest BCUT2D eigenvalue weighted by atomic mass is 32.1. The molecule has 2 rings (SSSR count). The van der Waals surface area contributed by atoms with E-state index in [1.165, 1.54) is 6.42 Å². The highest BCUT2D eigenvalue weighted by molar-refractivity contribution is 7.09. The molecular weight excluding hydrogens is 310 g/mol. The Morgan fingerprint density at radius 3 is 2.87 bits per heavy atom. The van der Waals surface area contributed by atoms with Crippen LogP contribution in [0.5, 0.6) is 0 Å². The third-order valence-electron chi connectivity index (χ3n) is 5.04. The van der Waals surface area contributed by atoms with Crippen molar-refractivity contribution in [2.45, 2.75) is 66.0 Å². The van der Waals surface area contributed by atoms with Gasteiger partial charge in [0, 0.05) is 20.0 Å². The fourth-order valence-electron chi connectivity index (χ4n) is 3.54. The second-order valence-corrected chi connectivity index (χ2v) is 8.13. The van der Waals surface area contributed by atoms with Crippen LogP contribution in [0.3, 0.4) is 0 Å². The van der Waals surface area contributed by atoms with Crippen LogP contribution >= 0.6 is 11.3 Å². The molecule has 5 heteroatoms. The van der Waals surface area contributed by atoms with Crippen molar-refractivity contribution in [1.82, 2.24) is 0 Å². The zero-order valence-electron chi connectivity index (χ0n) is 14.7. The molecule has 0 unspecified atom stereocenters. The van der Waals surface area contributed by atoms with Crippen molar-refractivity contribution >= 4 is 17.3 Å². The largest absolute Gasteiger partial charge is 0.457 e. The van der Waals surface area contributed by atoms with E-state index >= 15 is 0 Å². The minimum absolute atomic E-state index is 0.0581. The van der Waals surface area contributed by atoms with Gasteiger partial charge in [0.1, 0.15) is 6.10 Å². The van der Waals surface area contributed by atoms with Gasteiger partial charge in [0.25, 0.3) is 0 Å². The maximum absolute atomic E-state index is 12.4. The highest BCUT2D eigenvalue weighted by Gasteiger charge is 2.34. The number of rotatable bonds is 6. The summed E-state index contributed by atoms with van der Waals surface area (Å²) in [5.41, 5.74) is 3.00. The molecule has 1 aliphatic rings. The number of carbonyl (C=O) groups excluding carboxylic acids is 1. The number of carbonyl (C=O) groups is 1. The van der Waals surface area contributed by atoms with E-state index in [-0.39, 0.29) is 25.2 Å². The molecular formula is C18H30NO3S+. The molecule has 1 aliphatic carbocycles. The van der Waals surface area contributed by atoms with Crippen molar-refractivity contribution in [1.29, 1.82) is 0 Å². The Labute approximate surface area is 143 Å². The fourth-order valence-corrected chi connectivity index (χ4v) is 4.53. The predicted octanol–water partition coefficient (Wildman–Crippen LogP) is 2.88. The van der Waals surface area contributed by atoms with Gasteiger partial charge in [0.15, 0.2) is 5.69 Å². The molecule has 0 saturated heterocycles. The van der Waals surface area contributed by atoms with Crippen LogP contribution in [0, 0.1) is 24.7 Å². The molecule has 0 aromatic carbocycles. The summed E-state index contributed by atoms with van der Waals surface area (Å²) in [5.74, 6) is 1.52. The summed E-state index contributed by atoms with van der Waals surface area (Å²) in [6.07, 6.45) is 4.08. The van der Waals surface area contributed by atoms with Crippen LogP contribution in [0.4, 0.5) is 0 Å². The van der Waals surface area contributed by atoms with Crippen molar-refractivity contribution in [2.24, 2.45) is 17.8 Å². The SMILES string of the molecule is Cc1c(CCO)sc[n+]1CC(=O)O[C@H]1C[C@H](C)CC[C@@H]1C(C)C. The molecule has 0 amide bonds. The summed E-state index contributed by atoms with van der Waals surface area (Å²) in [6, 6.07) is 0. The number of aromatic nitrogens is 1. The summed E-state index contributed by atoms with van der Waals surface area (Å²) in [5, 5.41) is 9.06. The van der Waals surface area contributed by atoms with Gasteiger partial charge >= 0.3 is 5.97 Å². The van der Waals surface area contributed by atoms with Gasteiger partial charge in [0.05, 0.1) is 4.88 Å². The van der Waals surface area contributed by atoms with Gasteiger partial charge in [-0.1, -0.05) is 38.5 Å². The maximum Gasteiger partial charge on any atom is 0.373 e. The zero-order valence-corrected chi connectivity index (χ0v) is 15.6. The van der Waals surface area contributed by atoms with E-state index < -0.39 is 0 Å². The third kappa shape index (κ3) is 4.77. The van der Waals surface area contributed by atoms with Gasteiger partial charge in [0.2, 0.25) is 12.1 Å². The fraction of sp³-hybridized carbons (Fsp3) is 0.778. The molecule has 1 heterocycles. The molecule has 0 spiro atoms. The first kappa shape index (κ1) is 18.4. The van der Waals surface area contributed by atoms with E-state index in [4.69, 9.17) is 9.84 Å². The Morgan fingerprint density at radius 1 is 1.48 bits per heavy atom. The maximum atomic E-state index is 12.4. The van der Waals surface area contributed by atoms with Crippen molar-refractivity contribution in [3.63, 3.8) is 0 Å². The molecule has 0 bridgehead atoms. The Morgan fingerprint density at radius 2 is 2.22 bits per heavy atom. The third-order valence-corrected chi connectivity index (χ3v) is 6.18. The zero-order chi connectivity index (χ0) is 17.0. The Balaban J connectivity index is 1.97. The van der Waals surface area contributed by atoms with Gasteiger partial charge in [-0.15, -0.1) is 0 Å². The lowest BCUT2D eigenvalue weighted by Gasteiger charge is -2.36. The molecule has 1 aromatic rings. The first-order chi connectivity index (χ1) is 10.9. The number of hydrogen-bond donors (Lipinski definition) is 1. The summed E-state index contributed by atoms with van der Waals surface area (Å²) < 4.78 is 7.80. The first-order valence-corrected chi connectivity index (χ1v) is 9.57. The van der Waals surface area contributed by atoms with E-state index in [1.807, 2.05) is 17.0 Å². The van der Waals surface area contributed by atoms with Crippen molar-refractivity contribution in [2.75, 3.05) is 6.61 Å². The van der Waals surface area contributed by atoms with Gasteiger partial charge in [-0.3, -0.25) is 0 Å². The molecule has 4 nitrogen and oxygen atoms in total. The minimum Gasteiger partial charge on any atom is -0.457 e. The second kappa shape index (κ2) is 8.25. The highest BCUT2D eigenvalue weighted by Crippen LogP contribution is 2.35. The summed E-state index contributed by atoms with van der Waals surface area (Å²) >= 11 is 1.59. The Hall–Kier alpha value is -0.940. The first-order valence-electron chi connectivity index (χ1n) is 8.69. The quantitative estimate of drug-likeness (QED) is 0.640. The van der Waals surface area contributed by atoms with Crippen LogP contribution in [0.25, 0.3) is 0 Å². The van der Waals surface area contributed by atoms with E-state index in [0.717, 1.165) is 23.4 Å². The molecule has 130 valence electrons. The van der Waals surface area contributed by atoms with Crippen molar-refractivity contribution in [3.8, 4) is 0 Å². The molecule has 0 radical (unpaired) electrons. The lowest BCUT2D eigenvalue weighted by atomic mass is 9.75. The van der Waals surface area contributed by atoms with Crippen LogP contribution in [0.15, 0.2) is 5.51 Å². The van der Waals surface area contributed by atoms with E-state index in [9.17, 15) is 4.79 Å². The number of ether oxygens (including phenoxy) is 1. The smallest absolute Gasteiger partial charge is 0.373 e. The lowest BCUT2D eigenvalue weighted by molar-refractivity contribution is -0.687. The average molecular weight is 341 g/mol. The molecule has 1 saturated carbocycles. The van der Waals surface area contributed by atoms with Crippen LogP contribution in [-0.4, -0.2) is 23.8 Å². The number of thiazole rings is 1. The molecule has 1 N–H and O–H groups in total. The Kier molecular flexibility index (Phi) is 6.60. The average Bonchev–Trinajstić information content (AvgIpc) is 2.80. The van der Waals surface area contributed by atoms with E-state index in [0.29, 0.717) is 24.2 Å². The topological polar surface area (TPSA) is 50.4 Å². The number of aliphatic hydroxyl groups is 1. The van der Waals surface area contributed by atoms with Crippen LogP contribution in [-0.2, 0) is 22.5 Å². The molecule has 1 fully saturated rings. The number of esters is 1. The minimum atomic E-state index is -0.142. The normalized spacial score (nSPS) is 24.9. The van der Waals surface area contributed by atoms with Crippen LogP contribution < -0.4 is 4.57 Å². The second-order valence-electron chi connectivity index (χ2n) is 7.19. The van der Waals surface area contributed by atoms with Gasteiger partial charge in [-0.25, -0.2) is 4.79 Å². The number of aliphatic hydroxyl groups excluding tert-OH is 1. The summed E-state index contributed by atoms with van der Waals surface area (Å²) in [7, 11) is 0. The van der Waals surface area contributed by atoms with Crippen molar-refractivity contribution in [3.05, 3.63) is 16.1 Å². The van der Waals surface area contributed by atoms with Gasteiger partial charge in [-0.2, -0.15) is 4.57 Å². The summed E-state index contributed by atoms with van der Waals surface area (Å²) in [6.45, 7) is 9.09. The standard InChI is InChI=1S/C18H30NO3S/c1-12(2)15-6-5-13(3)9-16(15)22-18(21)10-19-11-23-17(7-8-20)14(19)4/h11-13,15-16,20H,5-10H2,1-4H3/q+1/t13-,15-,16+/m1/s1. The molecule has 0 aliphatic heterocycles. The predicted molar refractivity (Wildman–Crippen MR) is 91.3 cm³/mol. The lowest BCUT2D eigenvalue weighted by Crippen LogP contribution is -2.43. The molecule has 1 aromatic heterocycles. The van der Waals surface area contributed by atoms with Gasteiger partial charge in [-0.05, 0) is 30.6 Å². The van der Waals surface area contributed by atoms with Crippen molar-refractivity contribution < 1.29 is 19.2 Å². The summed E-state index contributed by atoms with van der Waals surface area (Å²) in [4.78, 5) is 13.5. The van der Waals surface area contributed by atoms with E-state index in [2.05, 4.69) is 20.8 Å². The van der Waals surface area contributed by atoms with E-state index in [1.54, 1.807) is 11.3 Å². The Bertz CT molecular complexity index is 526. The van der Waals surface area contributed by atoms with Crippen LogP contribution in [0.1, 0.15) is 50.6 Å². The number of nitrogens with zero attached hydrogens (tertiary/aromatic N) is 1. The number of hydrogen-bond acceptors (Lipinski definition) is 4. The van der Waals surface area contributed by atoms with Gasteiger partial charge < -0.3 is 9.84 Å². The monoisotopic (exact) mass is 340 g/mol. The molecule has 3 atom stereocenters. The van der Waals surface area contributed by atoms with Crippen LogP contribution in [0.2, 0.25) is 0 Å².